The van der Waals surface area contributed by atoms with Crippen molar-refractivity contribution in [3.8, 4) is 0 Å². The van der Waals surface area contributed by atoms with Crippen LogP contribution in [0.2, 0.25) is 0 Å². The maximum atomic E-state index is 11.3. The van der Waals surface area contributed by atoms with E-state index in [4.69, 9.17) is 9.29 Å². The van der Waals surface area contributed by atoms with Crippen LogP contribution in [-0.2, 0) is 19.6 Å². The topological polar surface area (TPSA) is 183 Å². The molecule has 0 bridgehead atoms. The molecular weight excluding hydrogens is 326 g/mol. The van der Waals surface area contributed by atoms with Crippen LogP contribution in [0.25, 0.3) is 0 Å². The van der Waals surface area contributed by atoms with Crippen molar-refractivity contribution in [3.05, 3.63) is 0 Å². The molecule has 1 aliphatic heterocycles. The summed E-state index contributed by atoms with van der Waals surface area (Å²) >= 11 is 0. The minimum absolute atomic E-state index is 0.0277. The SMILES string of the molecule is O=C(NCCCS(=O)(=O)O)OC[C@H]1OC(O)[C@H](O)[C@@H](O)C1O. The van der Waals surface area contributed by atoms with Gasteiger partial charge in [-0.1, -0.05) is 0 Å². The van der Waals surface area contributed by atoms with Crippen LogP contribution in [0.3, 0.4) is 0 Å². The molecule has 1 fully saturated rings. The number of hydrogen-bond acceptors (Lipinski definition) is 9. The molecule has 11 nitrogen and oxygen atoms in total. The van der Waals surface area contributed by atoms with Crippen molar-refractivity contribution in [1.82, 2.24) is 5.32 Å². The van der Waals surface area contributed by atoms with Gasteiger partial charge in [0.25, 0.3) is 10.1 Å². The summed E-state index contributed by atoms with van der Waals surface area (Å²) in [6.45, 7) is -0.581. The minimum atomic E-state index is -4.10. The fraction of sp³-hybridized carbons (Fsp3) is 0.900. The number of amides is 1. The first-order chi connectivity index (χ1) is 10.1. The zero-order chi connectivity index (χ0) is 16.9. The Morgan fingerprint density at radius 2 is 1.77 bits per heavy atom. The van der Waals surface area contributed by atoms with E-state index in [9.17, 15) is 33.6 Å². The number of aliphatic hydroxyl groups is 4. The van der Waals surface area contributed by atoms with Crippen molar-refractivity contribution >= 4 is 16.2 Å². The van der Waals surface area contributed by atoms with Crippen LogP contribution in [0.4, 0.5) is 4.79 Å². The minimum Gasteiger partial charge on any atom is -0.447 e. The quantitative estimate of drug-likeness (QED) is 0.211. The lowest BCUT2D eigenvalue weighted by Crippen LogP contribution is -2.58. The van der Waals surface area contributed by atoms with Gasteiger partial charge >= 0.3 is 6.09 Å². The van der Waals surface area contributed by atoms with E-state index < -0.39 is 59.3 Å². The van der Waals surface area contributed by atoms with Gasteiger partial charge in [-0.3, -0.25) is 4.55 Å². The number of ether oxygens (including phenoxy) is 2. The standard InChI is InChI=1S/C10H19NO10S/c12-6-5(21-9(15)8(14)7(6)13)4-20-10(16)11-2-1-3-22(17,18)19/h5-9,12-15H,1-4H2,(H,11,16)(H,17,18,19)/t5-,6?,7+,8-,9?/m1/s1. The predicted octanol–water partition coefficient (Wildman–Crippen LogP) is -3.21. The first kappa shape index (κ1) is 19.0. The van der Waals surface area contributed by atoms with Gasteiger partial charge in [-0.2, -0.15) is 8.42 Å². The van der Waals surface area contributed by atoms with Gasteiger partial charge in [-0.25, -0.2) is 4.79 Å². The first-order valence-corrected chi connectivity index (χ1v) is 7.96. The molecule has 0 aliphatic carbocycles. The summed E-state index contributed by atoms with van der Waals surface area (Å²) in [6.07, 6.45) is -8.84. The third kappa shape index (κ3) is 6.00. The van der Waals surface area contributed by atoms with Crippen LogP contribution in [0.15, 0.2) is 0 Å². The molecule has 1 amide bonds. The summed E-state index contributed by atoms with van der Waals surface area (Å²) in [5.41, 5.74) is 0. The van der Waals surface area contributed by atoms with E-state index in [0.29, 0.717) is 0 Å². The van der Waals surface area contributed by atoms with E-state index in [1.54, 1.807) is 0 Å². The lowest BCUT2D eigenvalue weighted by molar-refractivity contribution is -0.286. The molecular formula is C10H19NO10S. The van der Waals surface area contributed by atoms with E-state index in [0.717, 1.165) is 0 Å². The smallest absolute Gasteiger partial charge is 0.407 e. The lowest BCUT2D eigenvalue weighted by atomic mass is 9.99. The summed E-state index contributed by atoms with van der Waals surface area (Å²) in [4.78, 5) is 11.3. The van der Waals surface area contributed by atoms with Gasteiger partial charge in [0, 0.05) is 6.54 Å². The molecule has 5 atom stereocenters. The van der Waals surface area contributed by atoms with Gasteiger partial charge in [-0.15, -0.1) is 0 Å². The second-order valence-electron chi connectivity index (χ2n) is 4.70. The largest absolute Gasteiger partial charge is 0.447 e. The summed E-state index contributed by atoms with van der Waals surface area (Å²) in [5, 5.41) is 39.7. The Morgan fingerprint density at radius 3 is 2.36 bits per heavy atom. The number of alkyl carbamates (subject to hydrolysis) is 1. The highest BCUT2D eigenvalue weighted by atomic mass is 32.2. The molecule has 0 radical (unpaired) electrons. The van der Waals surface area contributed by atoms with E-state index in [2.05, 4.69) is 10.1 Å². The summed E-state index contributed by atoms with van der Waals surface area (Å²) in [7, 11) is -4.10. The number of aliphatic hydroxyl groups excluding tert-OH is 4. The lowest BCUT2D eigenvalue weighted by Gasteiger charge is -2.37. The average Bonchev–Trinajstić information content (AvgIpc) is 2.43. The van der Waals surface area contributed by atoms with Gasteiger partial charge in [0.2, 0.25) is 0 Å². The summed E-state index contributed by atoms with van der Waals surface area (Å²) in [6, 6.07) is 0. The van der Waals surface area contributed by atoms with Gasteiger partial charge in [0.05, 0.1) is 5.75 Å². The van der Waals surface area contributed by atoms with Crippen molar-refractivity contribution in [2.75, 3.05) is 18.9 Å². The van der Waals surface area contributed by atoms with Crippen LogP contribution in [0, 0.1) is 0 Å². The van der Waals surface area contributed by atoms with E-state index in [-0.39, 0.29) is 13.0 Å². The number of carbonyl (C=O) groups is 1. The van der Waals surface area contributed by atoms with Crippen molar-refractivity contribution in [1.29, 1.82) is 0 Å². The van der Waals surface area contributed by atoms with E-state index in [1.165, 1.54) is 0 Å². The first-order valence-electron chi connectivity index (χ1n) is 6.35. The monoisotopic (exact) mass is 345 g/mol. The van der Waals surface area contributed by atoms with Gasteiger partial charge in [-0.05, 0) is 6.42 Å². The van der Waals surface area contributed by atoms with Crippen LogP contribution in [0.5, 0.6) is 0 Å². The molecule has 0 aromatic rings. The number of hydrogen-bond donors (Lipinski definition) is 6. The fourth-order valence-electron chi connectivity index (χ4n) is 1.72. The Morgan fingerprint density at radius 1 is 1.14 bits per heavy atom. The van der Waals surface area contributed by atoms with Crippen LogP contribution in [0.1, 0.15) is 6.42 Å². The molecule has 1 saturated heterocycles. The van der Waals surface area contributed by atoms with Crippen LogP contribution >= 0.6 is 0 Å². The second-order valence-corrected chi connectivity index (χ2v) is 6.27. The molecule has 1 rings (SSSR count). The molecule has 0 aromatic carbocycles. The highest BCUT2D eigenvalue weighted by molar-refractivity contribution is 7.85. The van der Waals surface area contributed by atoms with Crippen molar-refractivity contribution < 1.29 is 47.7 Å². The maximum Gasteiger partial charge on any atom is 0.407 e. The van der Waals surface area contributed by atoms with Crippen LogP contribution < -0.4 is 5.32 Å². The molecule has 22 heavy (non-hydrogen) atoms. The predicted molar refractivity (Wildman–Crippen MR) is 69.3 cm³/mol. The summed E-state index contributed by atoms with van der Waals surface area (Å²) in [5.74, 6) is -0.520. The summed E-state index contributed by atoms with van der Waals surface area (Å²) < 4.78 is 38.8. The van der Waals surface area contributed by atoms with Crippen molar-refractivity contribution in [2.45, 2.75) is 37.1 Å². The van der Waals surface area contributed by atoms with Crippen LogP contribution in [-0.4, -0.2) is 89.1 Å². The number of rotatable bonds is 6. The third-order valence-electron chi connectivity index (χ3n) is 2.91. The van der Waals surface area contributed by atoms with Crippen molar-refractivity contribution in [3.63, 3.8) is 0 Å². The molecule has 1 heterocycles. The Kier molecular flexibility index (Phi) is 6.93. The molecule has 12 heteroatoms. The molecule has 6 N–H and O–H groups in total. The number of nitrogens with one attached hydrogen (secondary N) is 1. The van der Waals surface area contributed by atoms with E-state index in [1.807, 2.05) is 0 Å². The third-order valence-corrected chi connectivity index (χ3v) is 3.72. The molecule has 0 spiro atoms. The Balaban J connectivity index is 2.29. The Bertz CT molecular complexity index is 468. The Labute approximate surface area is 126 Å². The molecule has 130 valence electrons. The molecule has 0 aromatic heterocycles. The zero-order valence-corrected chi connectivity index (χ0v) is 12.2. The zero-order valence-electron chi connectivity index (χ0n) is 11.4. The highest BCUT2D eigenvalue weighted by Crippen LogP contribution is 2.19. The fourth-order valence-corrected chi connectivity index (χ4v) is 2.23. The van der Waals surface area contributed by atoms with Gasteiger partial charge in [0.15, 0.2) is 6.29 Å². The normalized spacial score (nSPS) is 32.5. The highest BCUT2D eigenvalue weighted by Gasteiger charge is 2.43. The second kappa shape index (κ2) is 8.01. The van der Waals surface area contributed by atoms with Crippen molar-refractivity contribution in [2.24, 2.45) is 0 Å². The molecule has 1 aliphatic rings. The van der Waals surface area contributed by atoms with E-state index >= 15 is 0 Å². The Hall–Kier alpha value is -1.02. The van der Waals surface area contributed by atoms with Gasteiger partial charge < -0.3 is 35.2 Å². The number of carbonyl (C=O) groups excluding carboxylic acids is 1. The maximum absolute atomic E-state index is 11.3. The average molecular weight is 345 g/mol. The molecule has 2 unspecified atom stereocenters. The van der Waals surface area contributed by atoms with Gasteiger partial charge in [0.1, 0.15) is 31.0 Å². The molecule has 0 saturated carbocycles.